The van der Waals surface area contributed by atoms with Crippen molar-refractivity contribution in [3.8, 4) is 0 Å². The summed E-state index contributed by atoms with van der Waals surface area (Å²) in [5.74, 6) is 0.693. The lowest BCUT2D eigenvalue weighted by Gasteiger charge is -2.44. The van der Waals surface area contributed by atoms with Gasteiger partial charge in [-0.05, 0) is 61.3 Å². The van der Waals surface area contributed by atoms with Crippen molar-refractivity contribution in [1.82, 2.24) is 10.2 Å². The number of nitrogens with one attached hydrogen (secondary N) is 1. The third-order valence-electron chi connectivity index (χ3n) is 6.76. The maximum atomic E-state index is 12.6. The molecule has 6 heteroatoms. The van der Waals surface area contributed by atoms with Gasteiger partial charge in [0, 0.05) is 23.5 Å². The van der Waals surface area contributed by atoms with Crippen LogP contribution >= 0.6 is 11.6 Å². The van der Waals surface area contributed by atoms with Gasteiger partial charge in [-0.3, -0.25) is 4.79 Å². The van der Waals surface area contributed by atoms with E-state index in [0.29, 0.717) is 25.4 Å². The summed E-state index contributed by atoms with van der Waals surface area (Å²) in [5.41, 5.74) is 2.27. The van der Waals surface area contributed by atoms with Crippen LogP contribution in [-0.4, -0.2) is 35.6 Å². The highest BCUT2D eigenvalue weighted by Gasteiger charge is 2.46. The van der Waals surface area contributed by atoms with Crippen LogP contribution in [0.25, 0.3) is 0 Å². The molecule has 1 saturated heterocycles. The number of carbonyl (C=O) groups is 2. The lowest BCUT2D eigenvalue weighted by atomic mass is 9.73. The fourth-order valence-corrected chi connectivity index (χ4v) is 5.16. The molecule has 2 aromatic rings. The Morgan fingerprint density at radius 2 is 1.77 bits per heavy atom. The molecule has 1 spiro atoms. The maximum absolute atomic E-state index is 12.6. The van der Waals surface area contributed by atoms with E-state index in [9.17, 15) is 9.59 Å². The summed E-state index contributed by atoms with van der Waals surface area (Å²) in [6.07, 6.45) is 5.15. The van der Waals surface area contributed by atoms with Crippen molar-refractivity contribution in [3.05, 3.63) is 70.7 Å². The van der Waals surface area contributed by atoms with Gasteiger partial charge in [-0.1, -0.05) is 54.1 Å². The molecule has 1 heterocycles. The quantitative estimate of drug-likeness (QED) is 0.664. The van der Waals surface area contributed by atoms with E-state index in [1.165, 1.54) is 5.56 Å². The molecule has 4 rings (SSSR count). The Hall–Kier alpha value is -2.53. The number of rotatable bonds is 6. The summed E-state index contributed by atoms with van der Waals surface area (Å²) < 4.78 is 5.35. The van der Waals surface area contributed by atoms with E-state index in [0.717, 1.165) is 42.7 Å². The van der Waals surface area contributed by atoms with Gasteiger partial charge >= 0.3 is 6.09 Å². The number of ether oxygens (including phenoxy) is 1. The molecule has 1 N–H and O–H groups in total. The molecule has 5 nitrogen and oxygen atoms in total. The molecular weight excluding hydrogens is 412 g/mol. The molecule has 0 aromatic heterocycles. The van der Waals surface area contributed by atoms with Gasteiger partial charge in [-0.25, -0.2) is 4.79 Å². The van der Waals surface area contributed by atoms with E-state index >= 15 is 0 Å². The molecule has 1 aliphatic heterocycles. The molecule has 0 atom stereocenters. The minimum atomic E-state index is -0.448. The number of hydrogen-bond donors (Lipinski definition) is 1. The van der Waals surface area contributed by atoms with E-state index < -0.39 is 6.09 Å². The SMILES string of the molecule is O=C(NCc1ccccc1)OCCN1C(=O)CCC12CCC(c1ccc(Cl)cc1)CC2. The maximum Gasteiger partial charge on any atom is 0.407 e. The van der Waals surface area contributed by atoms with Gasteiger partial charge < -0.3 is 15.0 Å². The second-order valence-corrected chi connectivity index (χ2v) is 9.01. The molecule has 2 aromatic carbocycles. The standard InChI is InChI=1S/C25H29ClN2O3/c26-22-8-6-20(7-9-22)21-10-13-25(14-11-21)15-12-23(29)28(25)16-17-31-24(30)27-18-19-4-2-1-3-5-19/h1-9,21H,10-18H2,(H,27,30). The van der Waals surface area contributed by atoms with Crippen LogP contribution in [0.15, 0.2) is 54.6 Å². The van der Waals surface area contributed by atoms with Gasteiger partial charge in [0.15, 0.2) is 0 Å². The van der Waals surface area contributed by atoms with Crippen molar-refractivity contribution >= 4 is 23.6 Å². The predicted octanol–water partition coefficient (Wildman–Crippen LogP) is 5.29. The molecule has 2 amide bonds. The molecule has 164 valence electrons. The lowest BCUT2D eigenvalue weighted by Crippen LogP contribution is -2.49. The second-order valence-electron chi connectivity index (χ2n) is 8.57. The Morgan fingerprint density at radius 1 is 1.06 bits per heavy atom. The second kappa shape index (κ2) is 9.73. The number of halogens is 1. The summed E-state index contributed by atoms with van der Waals surface area (Å²) in [4.78, 5) is 26.6. The van der Waals surface area contributed by atoms with Crippen LogP contribution in [0.3, 0.4) is 0 Å². The molecular formula is C25H29ClN2O3. The van der Waals surface area contributed by atoms with Crippen molar-refractivity contribution in [2.75, 3.05) is 13.2 Å². The van der Waals surface area contributed by atoms with Gasteiger partial charge in [0.1, 0.15) is 6.61 Å². The minimum absolute atomic E-state index is 0.0795. The molecule has 0 unspecified atom stereocenters. The summed E-state index contributed by atoms with van der Waals surface area (Å²) in [7, 11) is 0. The average Bonchev–Trinajstić information content (AvgIpc) is 3.09. The number of benzene rings is 2. The largest absolute Gasteiger partial charge is 0.448 e. The van der Waals surface area contributed by atoms with Crippen molar-refractivity contribution in [3.63, 3.8) is 0 Å². The average molecular weight is 441 g/mol. The van der Waals surface area contributed by atoms with Crippen LogP contribution in [0.5, 0.6) is 0 Å². The van der Waals surface area contributed by atoms with Crippen molar-refractivity contribution < 1.29 is 14.3 Å². The number of alkyl carbamates (subject to hydrolysis) is 1. The monoisotopic (exact) mass is 440 g/mol. The van der Waals surface area contributed by atoms with Crippen LogP contribution in [-0.2, 0) is 16.1 Å². The lowest BCUT2D eigenvalue weighted by molar-refractivity contribution is -0.132. The van der Waals surface area contributed by atoms with Crippen molar-refractivity contribution in [2.45, 2.75) is 56.5 Å². The summed E-state index contributed by atoms with van der Waals surface area (Å²) in [6.45, 7) is 1.11. The summed E-state index contributed by atoms with van der Waals surface area (Å²) >= 11 is 6.02. The highest BCUT2D eigenvalue weighted by atomic mass is 35.5. The smallest absolute Gasteiger partial charge is 0.407 e. The first-order valence-corrected chi connectivity index (χ1v) is 11.4. The number of carbonyl (C=O) groups excluding carboxylic acids is 2. The highest BCUT2D eigenvalue weighted by molar-refractivity contribution is 6.30. The van der Waals surface area contributed by atoms with E-state index in [1.54, 1.807) is 0 Å². The third kappa shape index (κ3) is 5.21. The molecule has 31 heavy (non-hydrogen) atoms. The first-order chi connectivity index (χ1) is 15.1. The van der Waals surface area contributed by atoms with Gasteiger partial charge in [0.25, 0.3) is 0 Å². The molecule has 0 radical (unpaired) electrons. The van der Waals surface area contributed by atoms with Gasteiger partial charge in [-0.2, -0.15) is 0 Å². The summed E-state index contributed by atoms with van der Waals surface area (Å²) in [6, 6.07) is 17.8. The van der Waals surface area contributed by atoms with E-state index in [-0.39, 0.29) is 18.1 Å². The van der Waals surface area contributed by atoms with Crippen LogP contribution in [0.4, 0.5) is 4.79 Å². The molecule has 2 fully saturated rings. The molecule has 1 saturated carbocycles. The Bertz CT molecular complexity index is 893. The van der Waals surface area contributed by atoms with Crippen molar-refractivity contribution in [1.29, 1.82) is 0 Å². The Kier molecular flexibility index (Phi) is 6.81. The van der Waals surface area contributed by atoms with Crippen LogP contribution in [0, 0.1) is 0 Å². The van der Waals surface area contributed by atoms with Crippen molar-refractivity contribution in [2.24, 2.45) is 0 Å². The normalized spacial score (nSPS) is 23.2. The first kappa shape index (κ1) is 21.7. The molecule has 0 bridgehead atoms. The fourth-order valence-electron chi connectivity index (χ4n) is 5.03. The Balaban J connectivity index is 1.26. The van der Waals surface area contributed by atoms with Gasteiger partial charge in [0.05, 0.1) is 6.54 Å². The fraction of sp³-hybridized carbons (Fsp3) is 0.440. The number of amides is 2. The number of hydrogen-bond acceptors (Lipinski definition) is 3. The van der Waals surface area contributed by atoms with Gasteiger partial charge in [0.2, 0.25) is 5.91 Å². The Labute approximate surface area is 188 Å². The van der Waals surface area contributed by atoms with Crippen LogP contribution < -0.4 is 5.32 Å². The van der Waals surface area contributed by atoms with E-state index in [1.807, 2.05) is 47.4 Å². The third-order valence-corrected chi connectivity index (χ3v) is 7.02. The zero-order valence-electron chi connectivity index (χ0n) is 17.7. The van der Waals surface area contributed by atoms with Crippen LogP contribution in [0.2, 0.25) is 5.02 Å². The Morgan fingerprint density at radius 3 is 2.48 bits per heavy atom. The minimum Gasteiger partial charge on any atom is -0.448 e. The van der Waals surface area contributed by atoms with E-state index in [2.05, 4.69) is 17.4 Å². The van der Waals surface area contributed by atoms with Gasteiger partial charge in [-0.15, -0.1) is 0 Å². The zero-order valence-corrected chi connectivity index (χ0v) is 18.4. The predicted molar refractivity (Wildman–Crippen MR) is 121 cm³/mol. The number of likely N-dealkylation sites (tertiary alicyclic amines) is 1. The summed E-state index contributed by atoms with van der Waals surface area (Å²) in [5, 5.41) is 3.52. The van der Waals surface area contributed by atoms with Crippen LogP contribution in [0.1, 0.15) is 55.6 Å². The number of nitrogens with zero attached hydrogens (tertiary/aromatic N) is 1. The molecule has 1 aliphatic carbocycles. The van der Waals surface area contributed by atoms with E-state index in [4.69, 9.17) is 16.3 Å². The highest BCUT2D eigenvalue weighted by Crippen LogP contribution is 2.46. The first-order valence-electron chi connectivity index (χ1n) is 11.1. The zero-order chi connectivity index (χ0) is 21.7. The molecule has 2 aliphatic rings. The topological polar surface area (TPSA) is 58.6 Å².